The Bertz CT molecular complexity index is 540. The van der Waals surface area contributed by atoms with Crippen LogP contribution in [0.5, 0.6) is 0 Å². The second kappa shape index (κ2) is 4.93. The maximum absolute atomic E-state index is 11.2. The number of ether oxygens (including phenoxy) is 1. The first kappa shape index (κ1) is 11.5. The van der Waals surface area contributed by atoms with Gasteiger partial charge in [-0.2, -0.15) is 0 Å². The van der Waals surface area contributed by atoms with Gasteiger partial charge in [0.25, 0.3) is 0 Å². The number of hydrogen-bond donors (Lipinski definition) is 1. The SMILES string of the molecule is COC(=O)C(N)Cc1ccc2ccccc2n1. The summed E-state index contributed by atoms with van der Waals surface area (Å²) in [6, 6.07) is 11.0. The minimum Gasteiger partial charge on any atom is -0.468 e. The first-order chi connectivity index (χ1) is 8.20. The quantitative estimate of drug-likeness (QED) is 0.807. The molecule has 0 saturated carbocycles. The molecule has 0 aliphatic carbocycles. The van der Waals surface area contributed by atoms with Gasteiger partial charge in [-0.05, 0) is 12.1 Å². The fraction of sp³-hybridized carbons (Fsp3) is 0.231. The van der Waals surface area contributed by atoms with Gasteiger partial charge in [-0.15, -0.1) is 0 Å². The zero-order chi connectivity index (χ0) is 12.3. The fourth-order valence-electron chi connectivity index (χ4n) is 1.68. The van der Waals surface area contributed by atoms with Crippen molar-refractivity contribution in [3.8, 4) is 0 Å². The van der Waals surface area contributed by atoms with Crippen LogP contribution in [0.15, 0.2) is 36.4 Å². The lowest BCUT2D eigenvalue weighted by Crippen LogP contribution is -2.33. The number of nitrogens with two attached hydrogens (primary N) is 1. The number of fused-ring (bicyclic) bond motifs is 1. The largest absolute Gasteiger partial charge is 0.468 e. The van der Waals surface area contributed by atoms with Gasteiger partial charge in [0.2, 0.25) is 0 Å². The zero-order valence-electron chi connectivity index (χ0n) is 9.59. The van der Waals surface area contributed by atoms with Gasteiger partial charge < -0.3 is 10.5 Å². The van der Waals surface area contributed by atoms with E-state index < -0.39 is 12.0 Å². The lowest BCUT2D eigenvalue weighted by Gasteiger charge is -2.08. The number of rotatable bonds is 3. The Labute approximate surface area is 99.4 Å². The summed E-state index contributed by atoms with van der Waals surface area (Å²) in [6.45, 7) is 0. The molecule has 0 bridgehead atoms. The van der Waals surface area contributed by atoms with E-state index in [9.17, 15) is 4.79 Å². The second-order valence-electron chi connectivity index (χ2n) is 3.83. The number of aromatic nitrogens is 1. The first-order valence-corrected chi connectivity index (χ1v) is 5.39. The monoisotopic (exact) mass is 230 g/mol. The van der Waals surface area contributed by atoms with Gasteiger partial charge >= 0.3 is 5.97 Å². The third-order valence-electron chi connectivity index (χ3n) is 2.59. The molecule has 0 radical (unpaired) electrons. The summed E-state index contributed by atoms with van der Waals surface area (Å²) < 4.78 is 4.58. The van der Waals surface area contributed by atoms with Crippen molar-refractivity contribution >= 4 is 16.9 Å². The van der Waals surface area contributed by atoms with Crippen LogP contribution in [0.1, 0.15) is 5.69 Å². The molecular weight excluding hydrogens is 216 g/mol. The number of esters is 1. The maximum atomic E-state index is 11.2. The van der Waals surface area contributed by atoms with Crippen LogP contribution in [-0.2, 0) is 16.0 Å². The van der Waals surface area contributed by atoms with Gasteiger partial charge in [0, 0.05) is 17.5 Å². The smallest absolute Gasteiger partial charge is 0.323 e. The van der Waals surface area contributed by atoms with Crippen LogP contribution in [0.25, 0.3) is 10.9 Å². The fourth-order valence-corrected chi connectivity index (χ4v) is 1.68. The lowest BCUT2D eigenvalue weighted by molar-refractivity contribution is -0.142. The number of para-hydroxylation sites is 1. The number of carbonyl (C=O) groups excluding carboxylic acids is 1. The average molecular weight is 230 g/mol. The topological polar surface area (TPSA) is 65.2 Å². The van der Waals surface area contributed by atoms with E-state index in [1.807, 2.05) is 36.4 Å². The molecule has 2 N–H and O–H groups in total. The normalized spacial score (nSPS) is 12.4. The van der Waals surface area contributed by atoms with Gasteiger partial charge in [-0.25, -0.2) is 0 Å². The highest BCUT2D eigenvalue weighted by atomic mass is 16.5. The van der Waals surface area contributed by atoms with Crippen molar-refractivity contribution in [3.63, 3.8) is 0 Å². The second-order valence-corrected chi connectivity index (χ2v) is 3.83. The molecule has 0 spiro atoms. The summed E-state index contributed by atoms with van der Waals surface area (Å²) in [5.74, 6) is -0.417. The molecule has 1 heterocycles. The first-order valence-electron chi connectivity index (χ1n) is 5.39. The Morgan fingerprint density at radius 2 is 2.12 bits per heavy atom. The predicted molar refractivity (Wildman–Crippen MR) is 65.4 cm³/mol. The van der Waals surface area contributed by atoms with Gasteiger partial charge in [0.15, 0.2) is 0 Å². The molecule has 4 nitrogen and oxygen atoms in total. The van der Waals surface area contributed by atoms with Crippen molar-refractivity contribution in [1.82, 2.24) is 4.98 Å². The van der Waals surface area contributed by atoms with E-state index in [2.05, 4.69) is 9.72 Å². The molecular formula is C13H14N2O2. The number of carbonyl (C=O) groups is 1. The van der Waals surface area contributed by atoms with E-state index >= 15 is 0 Å². The van der Waals surface area contributed by atoms with E-state index in [0.717, 1.165) is 16.6 Å². The predicted octanol–water partition coefficient (Wildman–Crippen LogP) is 1.28. The van der Waals surface area contributed by atoms with Crippen LogP contribution in [0.2, 0.25) is 0 Å². The summed E-state index contributed by atoms with van der Waals surface area (Å²) in [5, 5.41) is 1.07. The van der Waals surface area contributed by atoms with Crippen molar-refractivity contribution in [2.75, 3.05) is 7.11 Å². The third-order valence-corrected chi connectivity index (χ3v) is 2.59. The minimum atomic E-state index is -0.659. The van der Waals surface area contributed by atoms with E-state index in [1.54, 1.807) is 0 Å². The summed E-state index contributed by atoms with van der Waals surface area (Å²) >= 11 is 0. The Morgan fingerprint density at radius 3 is 2.88 bits per heavy atom. The summed E-state index contributed by atoms with van der Waals surface area (Å²) in [6.07, 6.45) is 0.386. The van der Waals surface area contributed by atoms with E-state index in [1.165, 1.54) is 7.11 Å². The van der Waals surface area contributed by atoms with Crippen molar-refractivity contribution in [3.05, 3.63) is 42.1 Å². The van der Waals surface area contributed by atoms with Crippen molar-refractivity contribution in [2.45, 2.75) is 12.5 Å². The maximum Gasteiger partial charge on any atom is 0.323 e. The molecule has 4 heteroatoms. The molecule has 0 aliphatic rings. The van der Waals surface area contributed by atoms with E-state index in [0.29, 0.717) is 6.42 Å². The molecule has 1 atom stereocenters. The zero-order valence-corrected chi connectivity index (χ0v) is 9.59. The highest BCUT2D eigenvalue weighted by Gasteiger charge is 2.14. The van der Waals surface area contributed by atoms with Gasteiger partial charge in [0.1, 0.15) is 6.04 Å². The van der Waals surface area contributed by atoms with Crippen LogP contribution in [0, 0.1) is 0 Å². The Balaban J connectivity index is 2.22. The third kappa shape index (κ3) is 2.60. The Hall–Kier alpha value is -1.94. The Kier molecular flexibility index (Phi) is 3.35. The van der Waals surface area contributed by atoms with E-state index in [4.69, 9.17) is 5.73 Å². The molecule has 0 fully saturated rings. The molecule has 1 unspecified atom stereocenters. The van der Waals surface area contributed by atoms with Crippen LogP contribution >= 0.6 is 0 Å². The van der Waals surface area contributed by atoms with Gasteiger partial charge in [-0.1, -0.05) is 24.3 Å². The van der Waals surface area contributed by atoms with Crippen LogP contribution < -0.4 is 5.73 Å². The number of nitrogens with zero attached hydrogens (tertiary/aromatic N) is 1. The lowest BCUT2D eigenvalue weighted by atomic mass is 10.1. The summed E-state index contributed by atoms with van der Waals surface area (Å²) in [7, 11) is 1.33. The summed E-state index contributed by atoms with van der Waals surface area (Å²) in [5.41, 5.74) is 7.39. The van der Waals surface area contributed by atoms with Crippen LogP contribution in [-0.4, -0.2) is 24.1 Å². The standard InChI is InChI=1S/C13H14N2O2/c1-17-13(16)11(14)8-10-7-6-9-4-2-3-5-12(9)15-10/h2-7,11H,8,14H2,1H3. The molecule has 1 aromatic carbocycles. The Morgan fingerprint density at radius 1 is 1.35 bits per heavy atom. The molecule has 88 valence electrons. The average Bonchev–Trinajstić information content (AvgIpc) is 2.37. The van der Waals surface area contributed by atoms with Gasteiger partial charge in [-0.3, -0.25) is 9.78 Å². The van der Waals surface area contributed by atoms with Crippen molar-refractivity contribution in [2.24, 2.45) is 5.73 Å². The van der Waals surface area contributed by atoms with Gasteiger partial charge in [0.05, 0.1) is 12.6 Å². The molecule has 2 rings (SSSR count). The van der Waals surface area contributed by atoms with Crippen molar-refractivity contribution in [1.29, 1.82) is 0 Å². The molecule has 1 aromatic heterocycles. The number of pyridine rings is 1. The highest BCUT2D eigenvalue weighted by molar-refractivity contribution is 5.79. The van der Waals surface area contributed by atoms with Crippen LogP contribution in [0.3, 0.4) is 0 Å². The molecule has 17 heavy (non-hydrogen) atoms. The van der Waals surface area contributed by atoms with Crippen LogP contribution in [0.4, 0.5) is 0 Å². The minimum absolute atomic E-state index is 0.386. The van der Waals surface area contributed by atoms with Crippen molar-refractivity contribution < 1.29 is 9.53 Å². The molecule has 0 saturated heterocycles. The number of methoxy groups -OCH3 is 1. The van der Waals surface area contributed by atoms with E-state index in [-0.39, 0.29) is 0 Å². The summed E-state index contributed by atoms with van der Waals surface area (Å²) in [4.78, 5) is 15.6. The number of hydrogen-bond acceptors (Lipinski definition) is 4. The highest BCUT2D eigenvalue weighted by Crippen LogP contribution is 2.12. The molecule has 0 amide bonds. The number of benzene rings is 1. The molecule has 2 aromatic rings. The molecule has 0 aliphatic heterocycles.